The van der Waals surface area contributed by atoms with Crippen molar-refractivity contribution in [1.82, 2.24) is 14.7 Å². The average molecular weight is 234 g/mol. The van der Waals surface area contributed by atoms with Crippen molar-refractivity contribution in [3.05, 3.63) is 18.0 Å². The van der Waals surface area contributed by atoms with Gasteiger partial charge >= 0.3 is 0 Å². The van der Waals surface area contributed by atoms with Crippen LogP contribution in [0.1, 0.15) is 45.9 Å². The summed E-state index contributed by atoms with van der Waals surface area (Å²) >= 11 is 0. The van der Waals surface area contributed by atoms with Gasteiger partial charge in [-0.15, -0.1) is 0 Å². The predicted octanol–water partition coefficient (Wildman–Crippen LogP) is 2.59. The van der Waals surface area contributed by atoms with Gasteiger partial charge in [0.15, 0.2) is 0 Å². The quantitative estimate of drug-likeness (QED) is 0.711. The normalized spacial score (nSPS) is 13.0. The van der Waals surface area contributed by atoms with Gasteiger partial charge < -0.3 is 0 Å². The minimum Gasteiger partial charge on any atom is -0.282 e. The number of aromatic nitrogens is 2. The molecule has 1 aromatic rings. The molecule has 0 spiro atoms. The number of nitriles is 1. The number of nitrogens with zero attached hydrogens (tertiary/aromatic N) is 4. The Bertz CT molecular complexity index is 375. The van der Waals surface area contributed by atoms with Crippen LogP contribution in [0.2, 0.25) is 0 Å². The molecule has 4 heteroatoms. The van der Waals surface area contributed by atoms with Crippen molar-refractivity contribution in [1.29, 1.82) is 5.26 Å². The predicted molar refractivity (Wildman–Crippen MR) is 68.4 cm³/mol. The summed E-state index contributed by atoms with van der Waals surface area (Å²) < 4.78 is 2.00. The van der Waals surface area contributed by atoms with Crippen molar-refractivity contribution >= 4 is 0 Å². The molecule has 94 valence electrons. The van der Waals surface area contributed by atoms with Gasteiger partial charge in [0, 0.05) is 24.8 Å². The van der Waals surface area contributed by atoms with Gasteiger partial charge in [-0.1, -0.05) is 6.92 Å². The minimum atomic E-state index is 0.364. The molecule has 17 heavy (non-hydrogen) atoms. The molecule has 0 saturated heterocycles. The summed E-state index contributed by atoms with van der Waals surface area (Å²) in [5, 5.41) is 13.3. The summed E-state index contributed by atoms with van der Waals surface area (Å²) in [4.78, 5) is 2.11. The van der Waals surface area contributed by atoms with Gasteiger partial charge in [0.2, 0.25) is 0 Å². The number of hydrogen-bond donors (Lipinski definition) is 0. The fourth-order valence-corrected chi connectivity index (χ4v) is 1.61. The fourth-order valence-electron chi connectivity index (χ4n) is 1.61. The van der Waals surface area contributed by atoms with Crippen molar-refractivity contribution in [2.75, 3.05) is 6.54 Å². The van der Waals surface area contributed by atoms with Gasteiger partial charge in [-0.2, -0.15) is 10.4 Å². The van der Waals surface area contributed by atoms with Gasteiger partial charge in [0.05, 0.1) is 18.3 Å². The Labute approximate surface area is 104 Å². The average Bonchev–Trinajstić information content (AvgIpc) is 2.76. The first kappa shape index (κ1) is 13.7. The van der Waals surface area contributed by atoms with Crippen LogP contribution in [0.3, 0.4) is 0 Å². The molecule has 0 N–H and O–H groups in total. The van der Waals surface area contributed by atoms with Crippen molar-refractivity contribution in [3.63, 3.8) is 0 Å². The van der Waals surface area contributed by atoms with Crippen molar-refractivity contribution < 1.29 is 0 Å². The summed E-state index contributed by atoms with van der Waals surface area (Å²) in [7, 11) is 0. The second-order valence-corrected chi connectivity index (χ2v) is 4.70. The number of rotatable bonds is 6. The number of hydrogen-bond acceptors (Lipinski definition) is 3. The van der Waals surface area contributed by atoms with Crippen LogP contribution < -0.4 is 0 Å². The third-order valence-corrected chi connectivity index (χ3v) is 3.08. The van der Waals surface area contributed by atoms with E-state index in [9.17, 15) is 0 Å². The molecule has 1 heterocycles. The maximum atomic E-state index is 8.78. The molecule has 1 unspecified atom stereocenters. The Morgan fingerprint density at radius 3 is 2.71 bits per heavy atom. The van der Waals surface area contributed by atoms with E-state index in [1.165, 1.54) is 0 Å². The van der Waals surface area contributed by atoms with E-state index in [-0.39, 0.29) is 0 Å². The lowest BCUT2D eigenvalue weighted by molar-refractivity contribution is 0.236. The van der Waals surface area contributed by atoms with E-state index in [0.29, 0.717) is 18.6 Å². The van der Waals surface area contributed by atoms with Gasteiger partial charge in [0.25, 0.3) is 0 Å². The molecule has 0 aliphatic heterocycles. The van der Waals surface area contributed by atoms with Gasteiger partial charge in [-0.05, 0) is 33.3 Å². The topological polar surface area (TPSA) is 44.9 Å². The molecule has 0 fully saturated rings. The Hall–Kier alpha value is -1.34. The Kier molecular flexibility index (Phi) is 5.17. The molecule has 0 aromatic carbocycles. The first-order valence-corrected chi connectivity index (χ1v) is 6.23. The molecule has 1 rings (SSSR count). The van der Waals surface area contributed by atoms with Crippen LogP contribution >= 0.6 is 0 Å². The second kappa shape index (κ2) is 6.41. The van der Waals surface area contributed by atoms with E-state index in [1.54, 1.807) is 0 Å². The summed E-state index contributed by atoms with van der Waals surface area (Å²) in [6.07, 6.45) is 3.10. The van der Waals surface area contributed by atoms with Gasteiger partial charge in [0.1, 0.15) is 0 Å². The lowest BCUT2D eigenvalue weighted by Gasteiger charge is -2.22. The highest BCUT2D eigenvalue weighted by Gasteiger charge is 2.12. The van der Waals surface area contributed by atoms with Gasteiger partial charge in [-0.25, -0.2) is 0 Å². The van der Waals surface area contributed by atoms with E-state index in [4.69, 9.17) is 5.26 Å². The van der Waals surface area contributed by atoms with Crippen LogP contribution in [-0.4, -0.2) is 27.3 Å². The monoisotopic (exact) mass is 234 g/mol. The highest BCUT2D eigenvalue weighted by molar-refractivity contribution is 5.00. The zero-order valence-corrected chi connectivity index (χ0v) is 11.2. The van der Waals surface area contributed by atoms with Crippen LogP contribution in [-0.2, 0) is 6.54 Å². The maximum absolute atomic E-state index is 8.78. The summed E-state index contributed by atoms with van der Waals surface area (Å²) in [6.45, 7) is 9.71. The lowest BCUT2D eigenvalue weighted by atomic mass is 10.3. The van der Waals surface area contributed by atoms with Crippen LogP contribution in [0.5, 0.6) is 0 Å². The SMILES string of the molecule is CCC(C)n1ccc(CN(CC#N)C(C)C)n1. The molecule has 4 nitrogen and oxygen atoms in total. The molecular weight excluding hydrogens is 212 g/mol. The third-order valence-electron chi connectivity index (χ3n) is 3.08. The van der Waals surface area contributed by atoms with Crippen molar-refractivity contribution in [3.8, 4) is 6.07 Å². The Balaban J connectivity index is 2.67. The molecule has 0 saturated carbocycles. The second-order valence-electron chi connectivity index (χ2n) is 4.70. The summed E-state index contributed by atoms with van der Waals surface area (Å²) in [5.74, 6) is 0. The highest BCUT2D eigenvalue weighted by atomic mass is 15.3. The van der Waals surface area contributed by atoms with Crippen molar-refractivity contribution in [2.24, 2.45) is 0 Å². The Morgan fingerprint density at radius 1 is 1.47 bits per heavy atom. The maximum Gasteiger partial charge on any atom is 0.0871 e. The molecule has 0 aliphatic carbocycles. The lowest BCUT2D eigenvalue weighted by Crippen LogP contribution is -2.30. The largest absolute Gasteiger partial charge is 0.282 e. The zero-order chi connectivity index (χ0) is 12.8. The van der Waals surface area contributed by atoms with Crippen molar-refractivity contribution in [2.45, 2.75) is 52.7 Å². The summed E-state index contributed by atoms with van der Waals surface area (Å²) in [6, 6.07) is 5.04. The first-order chi connectivity index (χ1) is 8.08. The molecule has 0 bridgehead atoms. The van der Waals surface area contributed by atoms with Crippen LogP contribution in [0.25, 0.3) is 0 Å². The fraction of sp³-hybridized carbons (Fsp3) is 0.692. The van der Waals surface area contributed by atoms with E-state index >= 15 is 0 Å². The van der Waals surface area contributed by atoms with Crippen LogP contribution in [0, 0.1) is 11.3 Å². The molecule has 1 aromatic heterocycles. The zero-order valence-electron chi connectivity index (χ0n) is 11.2. The Morgan fingerprint density at radius 2 is 2.18 bits per heavy atom. The molecule has 0 radical (unpaired) electrons. The van der Waals surface area contributed by atoms with E-state index < -0.39 is 0 Å². The molecule has 0 amide bonds. The third kappa shape index (κ3) is 3.86. The molecule has 0 aliphatic rings. The standard InChI is InChI=1S/C13H22N4/c1-5-12(4)17-8-6-13(15-17)10-16(9-7-14)11(2)3/h6,8,11-12H,5,9-10H2,1-4H3. The summed E-state index contributed by atoms with van der Waals surface area (Å²) in [5.41, 5.74) is 1.04. The van der Waals surface area contributed by atoms with Crippen LogP contribution in [0.15, 0.2) is 12.3 Å². The van der Waals surface area contributed by atoms with E-state index in [1.807, 2.05) is 16.9 Å². The molecular formula is C13H22N4. The van der Waals surface area contributed by atoms with Crippen LogP contribution in [0.4, 0.5) is 0 Å². The first-order valence-electron chi connectivity index (χ1n) is 6.23. The van der Waals surface area contributed by atoms with E-state index in [0.717, 1.165) is 18.7 Å². The van der Waals surface area contributed by atoms with Gasteiger partial charge in [-0.3, -0.25) is 9.58 Å². The highest BCUT2D eigenvalue weighted by Crippen LogP contribution is 2.11. The smallest absolute Gasteiger partial charge is 0.0871 e. The molecule has 1 atom stereocenters. The van der Waals surface area contributed by atoms with E-state index in [2.05, 4.69) is 43.8 Å². The minimum absolute atomic E-state index is 0.364.